The highest BCUT2D eigenvalue weighted by molar-refractivity contribution is 8.00. The zero-order valence-corrected chi connectivity index (χ0v) is 16.5. The molecule has 1 aromatic carbocycles. The van der Waals surface area contributed by atoms with Crippen LogP contribution in [0.15, 0.2) is 47.5 Å². The topological polar surface area (TPSA) is 63.7 Å². The molecule has 27 heavy (non-hydrogen) atoms. The molecule has 1 N–H and O–H groups in total. The van der Waals surface area contributed by atoms with Crippen LogP contribution < -0.4 is 15.0 Å². The van der Waals surface area contributed by atoms with Crippen molar-refractivity contribution in [3.8, 4) is 5.75 Å². The zero-order valence-electron chi connectivity index (χ0n) is 15.7. The molecule has 3 rings (SSSR count). The van der Waals surface area contributed by atoms with Crippen molar-refractivity contribution in [1.82, 2.24) is 10.3 Å². The summed E-state index contributed by atoms with van der Waals surface area (Å²) < 4.78 is 10.5. The van der Waals surface area contributed by atoms with Gasteiger partial charge in [0.15, 0.2) is 0 Å². The van der Waals surface area contributed by atoms with Gasteiger partial charge in [-0.3, -0.25) is 4.79 Å². The fraction of sp³-hybridized carbons (Fsp3) is 0.400. The van der Waals surface area contributed by atoms with Crippen LogP contribution in [0.5, 0.6) is 5.75 Å². The van der Waals surface area contributed by atoms with Crippen LogP contribution in [-0.4, -0.2) is 49.6 Å². The monoisotopic (exact) mass is 387 g/mol. The molecule has 1 aliphatic heterocycles. The highest BCUT2D eigenvalue weighted by atomic mass is 32.2. The highest BCUT2D eigenvalue weighted by Gasteiger charge is 2.15. The van der Waals surface area contributed by atoms with Crippen molar-refractivity contribution in [2.24, 2.45) is 0 Å². The van der Waals surface area contributed by atoms with Gasteiger partial charge >= 0.3 is 0 Å². The molecule has 1 unspecified atom stereocenters. The number of aromatic nitrogens is 1. The Balaban J connectivity index is 1.51. The maximum atomic E-state index is 12.4. The number of nitrogens with zero attached hydrogens (tertiary/aromatic N) is 2. The summed E-state index contributed by atoms with van der Waals surface area (Å²) in [6, 6.07) is 11.7. The minimum Gasteiger partial charge on any atom is -0.497 e. The van der Waals surface area contributed by atoms with Gasteiger partial charge in [-0.25, -0.2) is 4.98 Å². The second-order valence-corrected chi connectivity index (χ2v) is 7.69. The molecule has 1 amide bonds. The van der Waals surface area contributed by atoms with Gasteiger partial charge in [0.25, 0.3) is 0 Å². The van der Waals surface area contributed by atoms with E-state index in [0.29, 0.717) is 6.54 Å². The summed E-state index contributed by atoms with van der Waals surface area (Å²) in [7, 11) is 1.64. The van der Waals surface area contributed by atoms with Crippen LogP contribution in [0.25, 0.3) is 0 Å². The lowest BCUT2D eigenvalue weighted by molar-refractivity contribution is -0.120. The molecule has 7 heteroatoms. The van der Waals surface area contributed by atoms with Crippen LogP contribution in [0.2, 0.25) is 0 Å². The summed E-state index contributed by atoms with van der Waals surface area (Å²) in [5.74, 6) is 1.76. The van der Waals surface area contributed by atoms with Crippen molar-refractivity contribution in [1.29, 1.82) is 0 Å². The Morgan fingerprint density at radius 1 is 1.30 bits per heavy atom. The third-order valence-corrected chi connectivity index (χ3v) is 5.47. The maximum Gasteiger partial charge on any atom is 0.233 e. The molecule has 0 aliphatic carbocycles. The molecule has 1 fully saturated rings. The number of thioether (sulfide) groups is 1. The number of morpholine rings is 1. The van der Waals surface area contributed by atoms with Crippen LogP contribution in [0.4, 0.5) is 5.82 Å². The van der Waals surface area contributed by atoms with E-state index in [-0.39, 0.29) is 11.2 Å². The summed E-state index contributed by atoms with van der Waals surface area (Å²) >= 11 is 1.53. The number of carbonyl (C=O) groups excluding carboxylic acids is 1. The van der Waals surface area contributed by atoms with Crippen LogP contribution in [0, 0.1) is 0 Å². The maximum absolute atomic E-state index is 12.4. The van der Waals surface area contributed by atoms with Crippen molar-refractivity contribution in [2.45, 2.75) is 23.6 Å². The fourth-order valence-electron chi connectivity index (χ4n) is 2.78. The molecule has 1 aliphatic rings. The molecule has 0 saturated carbocycles. The van der Waals surface area contributed by atoms with Crippen molar-refractivity contribution in [3.05, 3.63) is 48.2 Å². The van der Waals surface area contributed by atoms with Gasteiger partial charge in [0, 0.05) is 30.7 Å². The van der Waals surface area contributed by atoms with E-state index in [0.717, 1.165) is 48.3 Å². The van der Waals surface area contributed by atoms with E-state index in [1.165, 1.54) is 11.8 Å². The molecule has 1 atom stereocenters. The molecule has 0 spiro atoms. The lowest BCUT2D eigenvalue weighted by Crippen LogP contribution is -2.36. The number of carbonyl (C=O) groups is 1. The van der Waals surface area contributed by atoms with Gasteiger partial charge in [-0.15, -0.1) is 11.8 Å². The minimum atomic E-state index is -0.182. The number of benzene rings is 1. The Morgan fingerprint density at radius 2 is 2.04 bits per heavy atom. The predicted octanol–water partition coefficient (Wildman–Crippen LogP) is 2.72. The fourth-order valence-corrected chi connectivity index (χ4v) is 3.67. The van der Waals surface area contributed by atoms with E-state index in [4.69, 9.17) is 9.47 Å². The Bertz CT molecular complexity index is 748. The lowest BCUT2D eigenvalue weighted by Gasteiger charge is -2.28. The molecule has 1 saturated heterocycles. The molecule has 144 valence electrons. The van der Waals surface area contributed by atoms with Crippen LogP contribution in [0.3, 0.4) is 0 Å². The van der Waals surface area contributed by atoms with E-state index in [1.807, 2.05) is 43.3 Å². The summed E-state index contributed by atoms with van der Waals surface area (Å²) in [6.07, 6.45) is 1.79. The number of methoxy groups -OCH3 is 1. The van der Waals surface area contributed by atoms with Gasteiger partial charge in [0.2, 0.25) is 5.91 Å². The van der Waals surface area contributed by atoms with Crippen LogP contribution >= 0.6 is 11.8 Å². The molecular weight excluding hydrogens is 362 g/mol. The molecule has 2 aromatic rings. The molecule has 0 bridgehead atoms. The van der Waals surface area contributed by atoms with Crippen molar-refractivity contribution >= 4 is 23.5 Å². The van der Waals surface area contributed by atoms with Gasteiger partial charge in [0.05, 0.1) is 25.6 Å². The van der Waals surface area contributed by atoms with E-state index in [9.17, 15) is 4.79 Å². The first-order chi connectivity index (χ1) is 13.2. The number of amides is 1. The van der Waals surface area contributed by atoms with Gasteiger partial charge in [-0.05, 0) is 48.9 Å². The first-order valence-corrected chi connectivity index (χ1v) is 9.90. The largest absolute Gasteiger partial charge is 0.497 e. The number of rotatable bonds is 7. The zero-order chi connectivity index (χ0) is 19.1. The summed E-state index contributed by atoms with van der Waals surface area (Å²) in [5.41, 5.74) is 1.04. The van der Waals surface area contributed by atoms with E-state index >= 15 is 0 Å². The summed E-state index contributed by atoms with van der Waals surface area (Å²) in [5, 5.41) is 2.83. The number of hydrogen-bond acceptors (Lipinski definition) is 6. The van der Waals surface area contributed by atoms with Crippen LogP contribution in [0.1, 0.15) is 12.5 Å². The van der Waals surface area contributed by atoms with Gasteiger partial charge in [-0.1, -0.05) is 0 Å². The van der Waals surface area contributed by atoms with Gasteiger partial charge in [0.1, 0.15) is 11.6 Å². The molecule has 0 radical (unpaired) electrons. The Kier molecular flexibility index (Phi) is 6.95. The van der Waals surface area contributed by atoms with Gasteiger partial charge < -0.3 is 19.7 Å². The van der Waals surface area contributed by atoms with Crippen molar-refractivity contribution < 1.29 is 14.3 Å². The van der Waals surface area contributed by atoms with E-state index in [1.54, 1.807) is 13.3 Å². The Labute approximate surface area is 164 Å². The molecule has 1 aromatic heterocycles. The standard InChI is InChI=1S/C20H25N3O3S/c1-15(27-18-5-3-17(25-2)4-6-18)20(24)22-14-16-7-8-21-19(13-16)23-9-11-26-12-10-23/h3-8,13,15H,9-12,14H2,1-2H3,(H,22,24). The third kappa shape index (κ3) is 5.61. The average molecular weight is 388 g/mol. The van der Waals surface area contributed by atoms with E-state index in [2.05, 4.69) is 15.2 Å². The number of anilines is 1. The number of ether oxygens (including phenoxy) is 2. The second-order valence-electron chi connectivity index (χ2n) is 6.28. The lowest BCUT2D eigenvalue weighted by atomic mass is 10.2. The first-order valence-electron chi connectivity index (χ1n) is 9.02. The SMILES string of the molecule is COc1ccc(SC(C)C(=O)NCc2ccnc(N3CCOCC3)c2)cc1. The van der Waals surface area contributed by atoms with Crippen molar-refractivity contribution in [3.63, 3.8) is 0 Å². The Hall–Kier alpha value is -2.25. The normalized spacial score (nSPS) is 15.3. The molecule has 6 nitrogen and oxygen atoms in total. The molecular formula is C20H25N3O3S. The summed E-state index contributed by atoms with van der Waals surface area (Å²) in [4.78, 5) is 20.1. The number of hydrogen-bond donors (Lipinski definition) is 1. The third-order valence-electron chi connectivity index (χ3n) is 4.35. The number of nitrogens with one attached hydrogen (secondary N) is 1. The molecule has 2 heterocycles. The minimum absolute atomic E-state index is 0.0144. The van der Waals surface area contributed by atoms with Gasteiger partial charge in [-0.2, -0.15) is 0 Å². The number of pyridine rings is 1. The average Bonchev–Trinajstić information content (AvgIpc) is 2.73. The quantitative estimate of drug-likeness (QED) is 0.737. The predicted molar refractivity (Wildman–Crippen MR) is 107 cm³/mol. The Morgan fingerprint density at radius 3 is 2.74 bits per heavy atom. The van der Waals surface area contributed by atoms with Crippen molar-refractivity contribution in [2.75, 3.05) is 38.3 Å². The smallest absolute Gasteiger partial charge is 0.233 e. The van der Waals surface area contributed by atoms with E-state index < -0.39 is 0 Å². The second kappa shape index (κ2) is 9.62. The van der Waals surface area contributed by atoms with Crippen LogP contribution in [-0.2, 0) is 16.1 Å². The summed E-state index contributed by atoms with van der Waals surface area (Å²) in [6.45, 7) is 5.55. The highest BCUT2D eigenvalue weighted by Crippen LogP contribution is 2.25. The first kappa shape index (κ1) is 19.5.